The first-order valence-corrected chi connectivity index (χ1v) is 8.30. The summed E-state index contributed by atoms with van der Waals surface area (Å²) in [6.07, 6.45) is 2.61. The average molecular weight is 392 g/mol. The molecular weight excluding hydrogens is 377 g/mol. The summed E-state index contributed by atoms with van der Waals surface area (Å²) in [5.74, 6) is -1.00. The van der Waals surface area contributed by atoms with Gasteiger partial charge in [0, 0.05) is 6.08 Å². The van der Waals surface area contributed by atoms with Gasteiger partial charge in [0.05, 0.1) is 10.7 Å². The first-order valence-electron chi connectivity index (χ1n) is 7.92. The van der Waals surface area contributed by atoms with Crippen LogP contribution in [0.4, 0.5) is 10.1 Å². The second-order valence-electron chi connectivity index (χ2n) is 5.71. The maximum absolute atomic E-state index is 13.7. The number of esters is 1. The normalized spacial score (nSPS) is 12.3. The van der Waals surface area contributed by atoms with Crippen LogP contribution in [0.25, 0.3) is 6.08 Å². The average Bonchev–Trinajstić information content (AvgIpc) is 3.10. The van der Waals surface area contributed by atoms with Crippen LogP contribution in [-0.4, -0.2) is 25.3 Å². The van der Waals surface area contributed by atoms with E-state index < -0.39 is 24.3 Å². The van der Waals surface area contributed by atoms with Crippen molar-refractivity contribution < 1.29 is 28.2 Å². The highest BCUT2D eigenvalue weighted by Gasteiger charge is 2.17. The Balaban J connectivity index is 1.53. The van der Waals surface area contributed by atoms with Crippen LogP contribution in [0.15, 0.2) is 36.4 Å². The van der Waals surface area contributed by atoms with Crippen LogP contribution >= 0.6 is 11.6 Å². The van der Waals surface area contributed by atoms with Gasteiger partial charge in [-0.3, -0.25) is 4.79 Å². The topological polar surface area (TPSA) is 73.9 Å². The van der Waals surface area contributed by atoms with Gasteiger partial charge < -0.3 is 19.5 Å². The predicted octanol–water partition coefficient (Wildman–Crippen LogP) is 3.71. The molecule has 0 atom stereocenters. The Morgan fingerprint density at radius 2 is 2.11 bits per heavy atom. The number of benzene rings is 2. The van der Waals surface area contributed by atoms with Crippen molar-refractivity contribution in [1.29, 1.82) is 0 Å². The minimum Gasteiger partial charge on any atom is -0.454 e. The third kappa shape index (κ3) is 4.77. The van der Waals surface area contributed by atoms with E-state index in [1.807, 2.05) is 0 Å². The van der Waals surface area contributed by atoms with Gasteiger partial charge in [0.15, 0.2) is 18.1 Å². The number of amides is 1. The van der Waals surface area contributed by atoms with Crippen molar-refractivity contribution in [1.82, 2.24) is 0 Å². The van der Waals surface area contributed by atoms with E-state index >= 15 is 0 Å². The minimum absolute atomic E-state index is 0.0205. The van der Waals surface area contributed by atoms with E-state index in [1.165, 1.54) is 18.2 Å². The quantitative estimate of drug-likeness (QED) is 0.621. The van der Waals surface area contributed by atoms with E-state index in [9.17, 15) is 14.0 Å². The Labute approximate surface area is 159 Å². The third-order valence-corrected chi connectivity index (χ3v) is 3.89. The van der Waals surface area contributed by atoms with Gasteiger partial charge in [-0.15, -0.1) is 0 Å². The van der Waals surface area contributed by atoms with E-state index in [2.05, 4.69) is 5.32 Å². The summed E-state index contributed by atoms with van der Waals surface area (Å²) in [7, 11) is 0. The Kier molecular flexibility index (Phi) is 5.61. The van der Waals surface area contributed by atoms with E-state index in [4.69, 9.17) is 25.8 Å². The van der Waals surface area contributed by atoms with Crippen LogP contribution in [0.3, 0.4) is 0 Å². The van der Waals surface area contributed by atoms with Crippen LogP contribution in [0.1, 0.15) is 11.1 Å². The third-order valence-electron chi connectivity index (χ3n) is 3.61. The minimum atomic E-state index is -0.733. The Hall–Kier alpha value is -3.06. The number of nitrogens with one attached hydrogen (secondary N) is 1. The molecule has 6 nitrogen and oxygen atoms in total. The summed E-state index contributed by atoms with van der Waals surface area (Å²) in [6.45, 7) is 1.27. The summed E-state index contributed by atoms with van der Waals surface area (Å²) in [6, 6.07) is 7.65. The molecule has 0 spiro atoms. The lowest BCUT2D eigenvalue weighted by Gasteiger charge is -2.07. The molecule has 0 saturated heterocycles. The molecule has 2 aromatic rings. The molecule has 0 saturated carbocycles. The lowest BCUT2D eigenvalue weighted by molar-refractivity contribution is -0.142. The van der Waals surface area contributed by atoms with Gasteiger partial charge in [-0.25, -0.2) is 9.18 Å². The molecule has 0 aromatic heterocycles. The van der Waals surface area contributed by atoms with Crippen molar-refractivity contribution in [3.8, 4) is 11.5 Å². The number of fused-ring (bicyclic) bond motifs is 1. The van der Waals surface area contributed by atoms with Gasteiger partial charge in [0.2, 0.25) is 6.79 Å². The van der Waals surface area contributed by atoms with Gasteiger partial charge in [0.25, 0.3) is 5.91 Å². The van der Waals surface area contributed by atoms with E-state index in [-0.39, 0.29) is 12.5 Å². The van der Waals surface area contributed by atoms with Gasteiger partial charge >= 0.3 is 5.97 Å². The molecular formula is C19H15ClFNO5. The fourth-order valence-electron chi connectivity index (χ4n) is 2.34. The molecule has 0 aliphatic carbocycles. The Morgan fingerprint density at radius 1 is 1.30 bits per heavy atom. The Bertz CT molecular complexity index is 929. The van der Waals surface area contributed by atoms with E-state index in [0.717, 1.165) is 11.6 Å². The lowest BCUT2D eigenvalue weighted by Crippen LogP contribution is -2.20. The zero-order valence-electron chi connectivity index (χ0n) is 14.3. The number of carbonyl (C=O) groups excluding carboxylic acids is 2. The van der Waals surface area contributed by atoms with Gasteiger partial charge in [-0.05, 0) is 48.4 Å². The molecule has 27 heavy (non-hydrogen) atoms. The number of rotatable bonds is 5. The van der Waals surface area contributed by atoms with Crippen molar-refractivity contribution in [2.75, 3.05) is 18.7 Å². The summed E-state index contributed by atoms with van der Waals surface area (Å²) in [5, 5.41) is 2.70. The summed E-state index contributed by atoms with van der Waals surface area (Å²) < 4.78 is 29.0. The molecule has 1 amide bonds. The number of aryl methyl sites for hydroxylation is 1. The van der Waals surface area contributed by atoms with Gasteiger partial charge in [0.1, 0.15) is 5.82 Å². The van der Waals surface area contributed by atoms with Gasteiger partial charge in [-0.1, -0.05) is 17.7 Å². The van der Waals surface area contributed by atoms with Crippen molar-refractivity contribution >= 4 is 35.2 Å². The smallest absolute Gasteiger partial charge is 0.331 e. The fraction of sp³-hybridized carbons (Fsp3) is 0.158. The van der Waals surface area contributed by atoms with Crippen LogP contribution in [0, 0.1) is 12.7 Å². The molecule has 0 unspecified atom stereocenters. The first kappa shape index (κ1) is 18.7. The largest absolute Gasteiger partial charge is 0.454 e. The zero-order valence-corrected chi connectivity index (χ0v) is 15.0. The molecule has 1 aliphatic rings. The van der Waals surface area contributed by atoms with E-state index in [0.29, 0.717) is 22.1 Å². The SMILES string of the molecule is Cc1ccc(NC(=O)COC(=O)/C=C/c2cc(Cl)c3c(c2)OCO3)c(F)c1. The second-order valence-corrected chi connectivity index (χ2v) is 6.12. The Morgan fingerprint density at radius 3 is 2.89 bits per heavy atom. The zero-order chi connectivity index (χ0) is 19.4. The number of anilines is 1. The second kappa shape index (κ2) is 8.09. The number of carbonyl (C=O) groups is 2. The van der Waals surface area contributed by atoms with Gasteiger partial charge in [-0.2, -0.15) is 0 Å². The monoisotopic (exact) mass is 391 g/mol. The highest BCUT2D eigenvalue weighted by Crippen LogP contribution is 2.40. The standard InChI is InChI=1S/C19H15ClFNO5/c1-11-2-4-15(14(21)6-11)22-17(23)9-25-18(24)5-3-12-7-13(20)19-16(8-12)26-10-27-19/h2-8H,9-10H2,1H3,(H,22,23)/b5-3+. The van der Waals surface area contributed by atoms with Crippen LogP contribution < -0.4 is 14.8 Å². The van der Waals surface area contributed by atoms with Crippen molar-refractivity contribution in [2.24, 2.45) is 0 Å². The molecule has 1 N–H and O–H groups in total. The number of hydrogen-bond donors (Lipinski definition) is 1. The lowest BCUT2D eigenvalue weighted by atomic mass is 10.2. The summed E-state index contributed by atoms with van der Waals surface area (Å²) >= 11 is 6.05. The molecule has 0 fully saturated rings. The summed E-state index contributed by atoms with van der Waals surface area (Å²) in [5.41, 5.74) is 1.35. The predicted molar refractivity (Wildman–Crippen MR) is 97.3 cm³/mol. The molecule has 0 radical (unpaired) electrons. The van der Waals surface area contributed by atoms with Crippen LogP contribution in [-0.2, 0) is 14.3 Å². The van der Waals surface area contributed by atoms with E-state index in [1.54, 1.807) is 25.1 Å². The fourth-order valence-corrected chi connectivity index (χ4v) is 2.61. The first-order chi connectivity index (χ1) is 12.9. The highest BCUT2D eigenvalue weighted by molar-refractivity contribution is 6.32. The van der Waals surface area contributed by atoms with Crippen molar-refractivity contribution in [3.63, 3.8) is 0 Å². The maximum Gasteiger partial charge on any atom is 0.331 e. The molecule has 3 rings (SSSR count). The summed E-state index contributed by atoms with van der Waals surface area (Å²) in [4.78, 5) is 23.5. The molecule has 2 aromatic carbocycles. The number of ether oxygens (including phenoxy) is 3. The maximum atomic E-state index is 13.7. The molecule has 0 bridgehead atoms. The van der Waals surface area contributed by atoms with Crippen LogP contribution in [0.2, 0.25) is 5.02 Å². The highest BCUT2D eigenvalue weighted by atomic mass is 35.5. The van der Waals surface area contributed by atoms with Crippen molar-refractivity contribution in [2.45, 2.75) is 6.92 Å². The molecule has 1 aliphatic heterocycles. The van der Waals surface area contributed by atoms with Crippen LogP contribution in [0.5, 0.6) is 11.5 Å². The molecule has 8 heteroatoms. The van der Waals surface area contributed by atoms with Crippen molar-refractivity contribution in [3.05, 3.63) is 58.4 Å². The molecule has 1 heterocycles. The molecule has 140 valence electrons. The number of hydrogen-bond acceptors (Lipinski definition) is 5. The number of halogens is 2.